The van der Waals surface area contributed by atoms with Crippen LogP contribution in [0.2, 0.25) is 0 Å². The number of rotatable bonds is 3. The molecule has 0 aromatic heterocycles. The van der Waals surface area contributed by atoms with Gasteiger partial charge >= 0.3 is 6.09 Å². The molecule has 22 heavy (non-hydrogen) atoms. The van der Waals surface area contributed by atoms with Crippen molar-refractivity contribution in [1.29, 1.82) is 0 Å². The van der Waals surface area contributed by atoms with E-state index in [9.17, 15) is 9.59 Å². The number of alkyl carbamates (subject to hydrolysis) is 1. The first-order valence-electron chi connectivity index (χ1n) is 8.30. The summed E-state index contributed by atoms with van der Waals surface area (Å²) in [6, 6.07) is -0.512. The van der Waals surface area contributed by atoms with E-state index >= 15 is 0 Å². The van der Waals surface area contributed by atoms with Crippen molar-refractivity contribution >= 4 is 12.0 Å². The van der Waals surface area contributed by atoms with Crippen molar-refractivity contribution in [1.82, 2.24) is 10.2 Å². The minimum absolute atomic E-state index is 0.0228. The maximum absolute atomic E-state index is 12.8. The number of nitrogens with one attached hydrogen (secondary N) is 1. The molecule has 2 heterocycles. The zero-order chi connectivity index (χ0) is 16.1. The first-order chi connectivity index (χ1) is 10.5. The predicted octanol–water partition coefficient (Wildman–Crippen LogP) is 1.93. The Kier molecular flexibility index (Phi) is 6.06. The van der Waals surface area contributed by atoms with E-state index in [2.05, 4.69) is 12.2 Å². The van der Waals surface area contributed by atoms with Gasteiger partial charge in [0.05, 0.1) is 19.3 Å². The second-order valence-corrected chi connectivity index (χ2v) is 6.48. The van der Waals surface area contributed by atoms with Crippen molar-refractivity contribution in [3.05, 3.63) is 0 Å². The molecule has 6 nitrogen and oxygen atoms in total. The fraction of sp³-hybridized carbons (Fsp3) is 0.875. The SMILES string of the molecule is COC(=O)NC(C(=O)N1CCCC1)[C@@H]1CC[C@H](C)O[C@H](C)C1. The molecule has 0 bridgehead atoms. The van der Waals surface area contributed by atoms with Crippen molar-refractivity contribution in [2.45, 2.75) is 64.2 Å². The van der Waals surface area contributed by atoms with Gasteiger partial charge in [-0.25, -0.2) is 4.79 Å². The average Bonchev–Trinajstić information content (AvgIpc) is 2.96. The summed E-state index contributed by atoms with van der Waals surface area (Å²) in [5.41, 5.74) is 0. The molecule has 1 N–H and O–H groups in total. The first-order valence-corrected chi connectivity index (χ1v) is 8.30. The van der Waals surface area contributed by atoms with Gasteiger partial charge < -0.3 is 19.7 Å². The second-order valence-electron chi connectivity index (χ2n) is 6.48. The molecule has 2 amide bonds. The van der Waals surface area contributed by atoms with E-state index in [0.717, 1.165) is 45.2 Å². The summed E-state index contributed by atoms with van der Waals surface area (Å²) < 4.78 is 10.6. The van der Waals surface area contributed by atoms with Crippen LogP contribution in [0.25, 0.3) is 0 Å². The molecule has 0 aromatic carbocycles. The molecule has 1 unspecified atom stereocenters. The molecule has 0 saturated carbocycles. The zero-order valence-corrected chi connectivity index (χ0v) is 13.8. The highest BCUT2D eigenvalue weighted by atomic mass is 16.5. The molecule has 2 saturated heterocycles. The fourth-order valence-electron chi connectivity index (χ4n) is 3.52. The number of hydrogen-bond donors (Lipinski definition) is 1. The molecule has 2 aliphatic heterocycles. The number of ether oxygens (including phenoxy) is 2. The van der Waals surface area contributed by atoms with Gasteiger partial charge in [0.2, 0.25) is 5.91 Å². The standard InChI is InChI=1S/C16H28N2O4/c1-11-6-7-13(10-12(2)22-11)14(17-16(20)21-3)15(19)18-8-4-5-9-18/h11-14H,4-10H2,1-3H3,(H,17,20)/t11-,12+,13+,14?/m0/s1. The van der Waals surface area contributed by atoms with Gasteiger partial charge in [-0.2, -0.15) is 0 Å². The van der Waals surface area contributed by atoms with E-state index in [1.165, 1.54) is 7.11 Å². The minimum atomic E-state index is -0.539. The molecule has 126 valence electrons. The van der Waals surface area contributed by atoms with Gasteiger partial charge in [-0.15, -0.1) is 0 Å². The summed E-state index contributed by atoms with van der Waals surface area (Å²) in [7, 11) is 1.33. The van der Waals surface area contributed by atoms with Crippen LogP contribution in [0.5, 0.6) is 0 Å². The smallest absolute Gasteiger partial charge is 0.407 e. The minimum Gasteiger partial charge on any atom is -0.453 e. The lowest BCUT2D eigenvalue weighted by Crippen LogP contribution is -2.52. The third kappa shape index (κ3) is 4.35. The largest absolute Gasteiger partial charge is 0.453 e. The Labute approximate surface area is 132 Å². The molecular formula is C16H28N2O4. The van der Waals surface area contributed by atoms with E-state index in [1.54, 1.807) is 0 Å². The van der Waals surface area contributed by atoms with Crippen LogP contribution in [-0.2, 0) is 14.3 Å². The highest BCUT2D eigenvalue weighted by Crippen LogP contribution is 2.28. The van der Waals surface area contributed by atoms with Crippen molar-refractivity contribution in [3.63, 3.8) is 0 Å². The zero-order valence-electron chi connectivity index (χ0n) is 13.8. The summed E-state index contributed by atoms with van der Waals surface area (Å²) in [5.74, 6) is 0.113. The number of carbonyl (C=O) groups is 2. The van der Waals surface area contributed by atoms with Gasteiger partial charge in [0.1, 0.15) is 6.04 Å². The number of amides is 2. The van der Waals surface area contributed by atoms with Crippen LogP contribution in [-0.4, -0.2) is 55.3 Å². The van der Waals surface area contributed by atoms with Crippen molar-refractivity contribution < 1.29 is 19.1 Å². The third-order valence-corrected chi connectivity index (χ3v) is 4.66. The van der Waals surface area contributed by atoms with Crippen LogP contribution in [0.1, 0.15) is 46.0 Å². The Bertz CT molecular complexity index is 396. The van der Waals surface area contributed by atoms with Crippen LogP contribution < -0.4 is 5.32 Å². The molecule has 0 spiro atoms. The molecular weight excluding hydrogens is 284 g/mol. The summed E-state index contributed by atoms with van der Waals surface area (Å²) in [4.78, 5) is 26.4. The van der Waals surface area contributed by atoms with E-state index in [0.29, 0.717) is 0 Å². The van der Waals surface area contributed by atoms with Crippen LogP contribution in [0.4, 0.5) is 4.79 Å². The van der Waals surface area contributed by atoms with Gasteiger partial charge in [-0.05, 0) is 51.9 Å². The monoisotopic (exact) mass is 312 g/mol. The van der Waals surface area contributed by atoms with Gasteiger partial charge in [-0.3, -0.25) is 4.79 Å². The Morgan fingerprint density at radius 2 is 1.86 bits per heavy atom. The summed E-state index contributed by atoms with van der Waals surface area (Å²) in [6.45, 7) is 5.66. The van der Waals surface area contributed by atoms with Crippen LogP contribution >= 0.6 is 0 Å². The molecule has 0 aliphatic carbocycles. The number of methoxy groups -OCH3 is 1. The van der Waals surface area contributed by atoms with Crippen LogP contribution in [0.3, 0.4) is 0 Å². The van der Waals surface area contributed by atoms with Crippen molar-refractivity contribution in [2.75, 3.05) is 20.2 Å². The quantitative estimate of drug-likeness (QED) is 0.864. The maximum Gasteiger partial charge on any atom is 0.407 e. The number of carbonyl (C=O) groups excluding carboxylic acids is 2. The Hall–Kier alpha value is -1.30. The maximum atomic E-state index is 12.8. The van der Waals surface area contributed by atoms with E-state index in [-0.39, 0.29) is 24.0 Å². The normalized spacial score (nSPS) is 30.5. The molecule has 2 aliphatic rings. The first kappa shape index (κ1) is 17.1. The van der Waals surface area contributed by atoms with Crippen molar-refractivity contribution in [3.8, 4) is 0 Å². The molecule has 2 fully saturated rings. The summed E-state index contributed by atoms with van der Waals surface area (Å²) in [6.07, 6.45) is 4.38. The number of nitrogens with zero attached hydrogens (tertiary/aromatic N) is 1. The molecule has 4 atom stereocenters. The fourth-order valence-corrected chi connectivity index (χ4v) is 3.52. The summed E-state index contributed by atoms with van der Waals surface area (Å²) in [5, 5.41) is 2.77. The lowest BCUT2D eigenvalue weighted by molar-refractivity contribution is -0.133. The van der Waals surface area contributed by atoms with Gasteiger partial charge in [0.25, 0.3) is 0 Å². The Balaban J connectivity index is 2.11. The molecule has 6 heteroatoms. The number of hydrogen-bond acceptors (Lipinski definition) is 4. The van der Waals surface area contributed by atoms with Crippen LogP contribution in [0, 0.1) is 5.92 Å². The molecule has 2 rings (SSSR count). The lowest BCUT2D eigenvalue weighted by atomic mass is 9.88. The van der Waals surface area contributed by atoms with Gasteiger partial charge in [0.15, 0.2) is 0 Å². The Morgan fingerprint density at radius 3 is 2.50 bits per heavy atom. The van der Waals surface area contributed by atoms with Crippen LogP contribution in [0.15, 0.2) is 0 Å². The predicted molar refractivity (Wildman–Crippen MR) is 82.5 cm³/mol. The van der Waals surface area contributed by atoms with E-state index < -0.39 is 12.1 Å². The van der Waals surface area contributed by atoms with Gasteiger partial charge in [-0.1, -0.05) is 0 Å². The highest BCUT2D eigenvalue weighted by molar-refractivity contribution is 5.86. The Morgan fingerprint density at radius 1 is 1.18 bits per heavy atom. The second kappa shape index (κ2) is 7.81. The molecule has 0 aromatic rings. The van der Waals surface area contributed by atoms with E-state index in [1.807, 2.05) is 11.8 Å². The summed E-state index contributed by atoms with van der Waals surface area (Å²) >= 11 is 0. The highest BCUT2D eigenvalue weighted by Gasteiger charge is 2.36. The molecule has 0 radical (unpaired) electrons. The third-order valence-electron chi connectivity index (χ3n) is 4.66. The van der Waals surface area contributed by atoms with Gasteiger partial charge in [0, 0.05) is 13.1 Å². The topological polar surface area (TPSA) is 67.9 Å². The number of likely N-dealkylation sites (tertiary alicyclic amines) is 1. The van der Waals surface area contributed by atoms with E-state index in [4.69, 9.17) is 9.47 Å². The lowest BCUT2D eigenvalue weighted by Gasteiger charge is -2.30. The average molecular weight is 312 g/mol. The van der Waals surface area contributed by atoms with Crippen molar-refractivity contribution in [2.24, 2.45) is 5.92 Å².